The monoisotopic (exact) mass is 365 g/mol. The van der Waals surface area contributed by atoms with Crippen molar-refractivity contribution in [3.8, 4) is 22.8 Å². The Morgan fingerprint density at radius 1 is 1.26 bits per heavy atom. The summed E-state index contributed by atoms with van der Waals surface area (Å²) in [4.78, 5) is 27.7. The van der Waals surface area contributed by atoms with Gasteiger partial charge in [0.05, 0.1) is 12.6 Å². The van der Waals surface area contributed by atoms with Crippen molar-refractivity contribution in [1.29, 1.82) is 0 Å². The highest BCUT2D eigenvalue weighted by atomic mass is 16.5. The van der Waals surface area contributed by atoms with Crippen molar-refractivity contribution in [2.45, 2.75) is 13.0 Å². The SMILES string of the molecule is COc1ccc(C=O)cc1-c1cc2c(N=O)c(O)[nH]c2c2c1CCN(C)C2. The van der Waals surface area contributed by atoms with E-state index in [1.165, 1.54) is 0 Å². The number of likely N-dealkylation sites (N-methyl/N-ethyl adjacent to an activating group) is 1. The molecule has 0 fully saturated rings. The van der Waals surface area contributed by atoms with E-state index >= 15 is 0 Å². The Morgan fingerprint density at radius 3 is 2.78 bits per heavy atom. The van der Waals surface area contributed by atoms with Crippen LogP contribution in [0.2, 0.25) is 0 Å². The average molecular weight is 365 g/mol. The van der Waals surface area contributed by atoms with Crippen molar-refractivity contribution in [2.24, 2.45) is 5.18 Å². The molecule has 2 N–H and O–H groups in total. The van der Waals surface area contributed by atoms with Gasteiger partial charge >= 0.3 is 0 Å². The molecule has 0 saturated carbocycles. The average Bonchev–Trinajstić information content (AvgIpc) is 3.01. The fraction of sp³-hybridized carbons (Fsp3) is 0.250. The molecule has 1 aromatic heterocycles. The van der Waals surface area contributed by atoms with Gasteiger partial charge in [-0.15, -0.1) is 4.91 Å². The number of nitrogens with one attached hydrogen (secondary N) is 1. The summed E-state index contributed by atoms with van der Waals surface area (Å²) in [5, 5.41) is 13.7. The summed E-state index contributed by atoms with van der Waals surface area (Å²) < 4.78 is 5.52. The quantitative estimate of drug-likeness (QED) is 0.542. The fourth-order valence-electron chi connectivity index (χ4n) is 3.87. The number of nitroso groups, excluding NO2 is 1. The molecule has 0 unspecified atom stereocenters. The Morgan fingerprint density at radius 2 is 2.07 bits per heavy atom. The molecular formula is C20H19N3O4. The Bertz CT molecular complexity index is 1070. The maximum Gasteiger partial charge on any atom is 0.219 e. The molecule has 138 valence electrons. The molecule has 7 nitrogen and oxygen atoms in total. The van der Waals surface area contributed by atoms with E-state index in [4.69, 9.17) is 4.74 Å². The van der Waals surface area contributed by atoms with Gasteiger partial charge in [-0.2, -0.15) is 0 Å². The summed E-state index contributed by atoms with van der Waals surface area (Å²) in [6, 6.07) is 7.09. The Labute approximate surface area is 155 Å². The minimum absolute atomic E-state index is 0.00668. The van der Waals surface area contributed by atoms with Gasteiger partial charge in [-0.3, -0.25) is 4.79 Å². The van der Waals surface area contributed by atoms with E-state index in [9.17, 15) is 14.8 Å². The van der Waals surface area contributed by atoms with Crippen LogP contribution in [-0.4, -0.2) is 42.0 Å². The smallest absolute Gasteiger partial charge is 0.219 e. The van der Waals surface area contributed by atoms with E-state index in [0.29, 0.717) is 23.2 Å². The number of fused-ring (bicyclic) bond motifs is 3. The highest BCUT2D eigenvalue weighted by Crippen LogP contribution is 2.44. The van der Waals surface area contributed by atoms with Crippen LogP contribution in [-0.2, 0) is 13.0 Å². The Balaban J connectivity index is 2.10. The van der Waals surface area contributed by atoms with Gasteiger partial charge in [0, 0.05) is 29.6 Å². The normalized spacial score (nSPS) is 14.1. The van der Waals surface area contributed by atoms with Crippen molar-refractivity contribution in [3.63, 3.8) is 0 Å². The standard InChI is InChI=1S/C20H19N3O4/c1-23-6-5-12-13(14-7-11(10-24)3-4-17(14)27-2)8-15-18(16(12)9-23)21-20(25)19(15)22-26/h3-4,7-8,10,21,25H,5-6,9H2,1-2H3. The summed E-state index contributed by atoms with van der Waals surface area (Å²) >= 11 is 0. The van der Waals surface area contributed by atoms with Crippen LogP contribution in [0.5, 0.6) is 11.6 Å². The number of H-pyrrole nitrogens is 1. The number of methoxy groups -OCH3 is 1. The molecule has 27 heavy (non-hydrogen) atoms. The Hall–Kier alpha value is -3.19. The molecule has 0 amide bonds. The lowest BCUT2D eigenvalue weighted by Gasteiger charge is -2.28. The van der Waals surface area contributed by atoms with Gasteiger partial charge in [0.2, 0.25) is 5.88 Å². The minimum atomic E-state index is -0.235. The maximum absolute atomic E-state index is 11.3. The number of rotatable bonds is 4. The van der Waals surface area contributed by atoms with E-state index in [1.54, 1.807) is 25.3 Å². The number of carbonyl (C=O) groups is 1. The third kappa shape index (κ3) is 2.67. The van der Waals surface area contributed by atoms with Crippen LogP contribution in [0.4, 0.5) is 5.69 Å². The van der Waals surface area contributed by atoms with Crippen LogP contribution in [0, 0.1) is 4.91 Å². The number of nitrogens with zero attached hydrogens (tertiary/aromatic N) is 2. The second-order valence-electron chi connectivity index (χ2n) is 6.78. The van der Waals surface area contributed by atoms with Crippen LogP contribution in [0.3, 0.4) is 0 Å². The van der Waals surface area contributed by atoms with Gasteiger partial charge in [-0.05, 0) is 59.6 Å². The summed E-state index contributed by atoms with van der Waals surface area (Å²) in [7, 11) is 3.61. The van der Waals surface area contributed by atoms with Gasteiger partial charge in [0.1, 0.15) is 12.0 Å². The largest absolute Gasteiger partial charge is 0.496 e. The fourth-order valence-corrected chi connectivity index (χ4v) is 3.87. The molecule has 7 heteroatoms. The van der Waals surface area contributed by atoms with E-state index in [0.717, 1.165) is 47.0 Å². The molecule has 2 heterocycles. The van der Waals surface area contributed by atoms with Crippen LogP contribution in [0.1, 0.15) is 21.5 Å². The van der Waals surface area contributed by atoms with Gasteiger partial charge in [0.15, 0.2) is 5.69 Å². The minimum Gasteiger partial charge on any atom is -0.496 e. The van der Waals surface area contributed by atoms with Crippen molar-refractivity contribution in [1.82, 2.24) is 9.88 Å². The number of aromatic hydroxyl groups is 1. The van der Waals surface area contributed by atoms with Gasteiger partial charge in [0.25, 0.3) is 0 Å². The number of benzene rings is 2. The molecule has 3 aromatic rings. The van der Waals surface area contributed by atoms with Gasteiger partial charge in [-0.25, -0.2) is 0 Å². The first-order valence-electron chi connectivity index (χ1n) is 8.62. The van der Waals surface area contributed by atoms with Crippen molar-refractivity contribution in [3.05, 3.63) is 45.9 Å². The third-order valence-corrected chi connectivity index (χ3v) is 5.18. The molecule has 0 spiro atoms. The molecule has 0 radical (unpaired) electrons. The summed E-state index contributed by atoms with van der Waals surface area (Å²) in [5.74, 6) is 0.405. The summed E-state index contributed by atoms with van der Waals surface area (Å²) in [6.45, 7) is 1.56. The maximum atomic E-state index is 11.3. The topological polar surface area (TPSA) is 95.0 Å². The summed E-state index contributed by atoms with van der Waals surface area (Å²) in [6.07, 6.45) is 1.59. The van der Waals surface area contributed by atoms with Crippen molar-refractivity contribution >= 4 is 22.9 Å². The van der Waals surface area contributed by atoms with Crippen LogP contribution >= 0.6 is 0 Å². The first kappa shape index (κ1) is 17.2. The second-order valence-corrected chi connectivity index (χ2v) is 6.78. The molecule has 0 aliphatic carbocycles. The van der Waals surface area contributed by atoms with Crippen molar-refractivity contribution < 1.29 is 14.6 Å². The molecule has 0 atom stereocenters. The zero-order valence-corrected chi connectivity index (χ0v) is 15.1. The first-order valence-corrected chi connectivity index (χ1v) is 8.62. The second kappa shape index (κ2) is 6.51. The summed E-state index contributed by atoms with van der Waals surface area (Å²) in [5.41, 5.74) is 5.04. The molecule has 2 aromatic carbocycles. The van der Waals surface area contributed by atoms with Crippen molar-refractivity contribution in [2.75, 3.05) is 20.7 Å². The predicted octanol–water partition coefficient (Wildman–Crippen LogP) is 3.75. The molecule has 0 bridgehead atoms. The van der Waals surface area contributed by atoms with E-state index in [2.05, 4.69) is 15.1 Å². The molecule has 0 saturated heterocycles. The van der Waals surface area contributed by atoms with Crippen LogP contribution < -0.4 is 4.74 Å². The Kier molecular flexibility index (Phi) is 4.16. The van der Waals surface area contributed by atoms with Gasteiger partial charge in [-0.1, -0.05) is 0 Å². The molecule has 4 rings (SSSR count). The van der Waals surface area contributed by atoms with E-state index < -0.39 is 0 Å². The number of aromatic nitrogens is 1. The molecular weight excluding hydrogens is 346 g/mol. The zero-order chi connectivity index (χ0) is 19.1. The number of carbonyl (C=O) groups excluding carboxylic acids is 1. The molecule has 1 aliphatic heterocycles. The number of ether oxygens (including phenoxy) is 1. The van der Waals surface area contributed by atoms with Crippen LogP contribution in [0.25, 0.3) is 22.0 Å². The van der Waals surface area contributed by atoms with E-state index in [-0.39, 0.29) is 11.6 Å². The lowest BCUT2D eigenvalue weighted by molar-refractivity contribution is 0.112. The number of hydrogen-bond donors (Lipinski definition) is 2. The lowest BCUT2D eigenvalue weighted by atomic mass is 9.88. The highest BCUT2D eigenvalue weighted by molar-refractivity contribution is 6.01. The predicted molar refractivity (Wildman–Crippen MR) is 103 cm³/mol. The number of aldehydes is 1. The zero-order valence-electron chi connectivity index (χ0n) is 15.1. The number of aromatic amines is 1. The third-order valence-electron chi connectivity index (χ3n) is 5.18. The van der Waals surface area contributed by atoms with Crippen LogP contribution in [0.15, 0.2) is 29.4 Å². The lowest BCUT2D eigenvalue weighted by Crippen LogP contribution is -2.27. The van der Waals surface area contributed by atoms with Gasteiger partial charge < -0.3 is 19.7 Å². The number of hydrogen-bond acceptors (Lipinski definition) is 6. The molecule has 1 aliphatic rings. The highest BCUT2D eigenvalue weighted by Gasteiger charge is 2.25. The first-order chi connectivity index (χ1) is 13.1. The van der Waals surface area contributed by atoms with E-state index in [1.807, 2.05) is 13.1 Å².